The molecule has 1 amide bonds. The fourth-order valence-electron chi connectivity index (χ4n) is 2.94. The predicted molar refractivity (Wildman–Crippen MR) is 109 cm³/mol. The van der Waals surface area contributed by atoms with Crippen LogP contribution in [0, 0.1) is 17.6 Å². The van der Waals surface area contributed by atoms with Gasteiger partial charge in [0.2, 0.25) is 0 Å². The van der Waals surface area contributed by atoms with Crippen molar-refractivity contribution in [2.45, 2.75) is 66.3 Å². The maximum atomic E-state index is 14.7. The van der Waals surface area contributed by atoms with E-state index < -0.39 is 29.6 Å². The number of hydrogen-bond acceptors (Lipinski definition) is 4. The summed E-state index contributed by atoms with van der Waals surface area (Å²) >= 11 is 0. The molecule has 0 N–H and O–H groups in total. The highest BCUT2D eigenvalue weighted by atomic mass is 19.1. The molecule has 166 valence electrons. The SMILES string of the molecule is CCOC(OCC)c1c(F)cc(C(C)C(C)CN(C)C(=O)OC(C)(C)C)cc1F. The molecule has 2 unspecified atom stereocenters. The largest absolute Gasteiger partial charge is 0.444 e. The summed E-state index contributed by atoms with van der Waals surface area (Å²) in [4.78, 5) is 13.6. The Balaban J connectivity index is 2.96. The molecule has 0 aromatic heterocycles. The van der Waals surface area contributed by atoms with Crippen LogP contribution in [-0.2, 0) is 14.2 Å². The van der Waals surface area contributed by atoms with Crippen LogP contribution in [-0.4, -0.2) is 43.4 Å². The van der Waals surface area contributed by atoms with Gasteiger partial charge in [0.1, 0.15) is 17.2 Å². The Morgan fingerprint density at radius 1 is 1.07 bits per heavy atom. The molecule has 0 spiro atoms. The second-order valence-corrected chi connectivity index (χ2v) is 8.27. The van der Waals surface area contributed by atoms with E-state index in [1.165, 1.54) is 17.0 Å². The number of benzene rings is 1. The zero-order chi connectivity index (χ0) is 22.4. The van der Waals surface area contributed by atoms with Crippen LogP contribution in [0.3, 0.4) is 0 Å². The number of ether oxygens (including phenoxy) is 3. The number of carbonyl (C=O) groups is 1. The summed E-state index contributed by atoms with van der Waals surface area (Å²) in [6.45, 7) is 13.6. The quantitative estimate of drug-likeness (QED) is 0.490. The van der Waals surface area contributed by atoms with Crippen molar-refractivity contribution in [2.75, 3.05) is 26.8 Å². The second kappa shape index (κ2) is 10.9. The topological polar surface area (TPSA) is 48.0 Å². The highest BCUT2D eigenvalue weighted by Crippen LogP contribution is 2.31. The highest BCUT2D eigenvalue weighted by molar-refractivity contribution is 5.67. The summed E-state index contributed by atoms with van der Waals surface area (Å²) in [5.41, 5.74) is -0.288. The Labute approximate surface area is 173 Å². The third kappa shape index (κ3) is 7.55. The van der Waals surface area contributed by atoms with E-state index in [0.29, 0.717) is 12.1 Å². The smallest absolute Gasteiger partial charge is 0.410 e. The number of halogens is 2. The second-order valence-electron chi connectivity index (χ2n) is 8.27. The Morgan fingerprint density at radius 2 is 1.55 bits per heavy atom. The number of rotatable bonds is 9. The van der Waals surface area contributed by atoms with Gasteiger partial charge in [0, 0.05) is 26.8 Å². The van der Waals surface area contributed by atoms with Crippen LogP contribution in [0.5, 0.6) is 0 Å². The molecule has 1 aromatic rings. The normalized spacial score (nSPS) is 14.0. The standard InChI is InChI=1S/C22H35F2NO4/c1-9-27-20(28-10-2)19-17(23)11-16(12-18(19)24)15(4)14(3)13-25(8)21(26)29-22(5,6)7/h11-12,14-15,20H,9-10,13H2,1-8H3. The van der Waals surface area contributed by atoms with Crippen LogP contribution in [0.4, 0.5) is 13.6 Å². The molecule has 0 radical (unpaired) electrons. The summed E-state index contributed by atoms with van der Waals surface area (Å²) in [6.07, 6.45) is -1.51. The van der Waals surface area contributed by atoms with E-state index in [2.05, 4.69) is 0 Å². The minimum Gasteiger partial charge on any atom is -0.444 e. The van der Waals surface area contributed by atoms with Crippen molar-refractivity contribution < 1.29 is 27.8 Å². The Morgan fingerprint density at radius 3 is 1.97 bits per heavy atom. The molecule has 7 heteroatoms. The van der Waals surface area contributed by atoms with Crippen LogP contribution in [0.2, 0.25) is 0 Å². The lowest BCUT2D eigenvalue weighted by Crippen LogP contribution is -2.37. The highest BCUT2D eigenvalue weighted by Gasteiger charge is 2.26. The van der Waals surface area contributed by atoms with E-state index in [4.69, 9.17) is 14.2 Å². The molecule has 0 saturated heterocycles. The first-order valence-electron chi connectivity index (χ1n) is 10.1. The molecule has 0 fully saturated rings. The minimum atomic E-state index is -1.08. The molecule has 1 aromatic carbocycles. The summed E-state index contributed by atoms with van der Waals surface area (Å²) in [5.74, 6) is -1.64. The molecular weight excluding hydrogens is 380 g/mol. The van der Waals surface area contributed by atoms with Gasteiger partial charge >= 0.3 is 6.09 Å². The van der Waals surface area contributed by atoms with Crippen LogP contribution >= 0.6 is 0 Å². The first-order chi connectivity index (χ1) is 13.4. The van der Waals surface area contributed by atoms with Crippen molar-refractivity contribution in [3.05, 3.63) is 34.9 Å². The fourth-order valence-corrected chi connectivity index (χ4v) is 2.94. The van der Waals surface area contributed by atoms with Crippen LogP contribution in [0.25, 0.3) is 0 Å². The monoisotopic (exact) mass is 415 g/mol. The van der Waals surface area contributed by atoms with E-state index in [9.17, 15) is 13.6 Å². The van der Waals surface area contributed by atoms with Crippen molar-refractivity contribution in [3.63, 3.8) is 0 Å². The number of nitrogens with zero attached hydrogens (tertiary/aromatic N) is 1. The molecular formula is C22H35F2NO4. The Bertz CT molecular complexity index is 646. The van der Waals surface area contributed by atoms with Crippen LogP contribution < -0.4 is 0 Å². The zero-order valence-corrected chi connectivity index (χ0v) is 18.8. The van der Waals surface area contributed by atoms with Crippen molar-refractivity contribution >= 4 is 6.09 Å². The van der Waals surface area contributed by atoms with Gasteiger partial charge in [-0.05, 0) is 64.2 Å². The third-order valence-corrected chi connectivity index (χ3v) is 4.62. The molecule has 5 nitrogen and oxygen atoms in total. The fraction of sp³-hybridized carbons (Fsp3) is 0.682. The first-order valence-corrected chi connectivity index (χ1v) is 10.1. The van der Waals surface area contributed by atoms with E-state index in [0.717, 1.165) is 0 Å². The maximum Gasteiger partial charge on any atom is 0.410 e. The van der Waals surface area contributed by atoms with Crippen molar-refractivity contribution in [3.8, 4) is 0 Å². The molecule has 2 atom stereocenters. The average Bonchev–Trinajstić information content (AvgIpc) is 2.59. The van der Waals surface area contributed by atoms with E-state index in [-0.39, 0.29) is 30.6 Å². The van der Waals surface area contributed by atoms with Crippen LogP contribution in [0.1, 0.15) is 71.8 Å². The molecule has 0 aliphatic carbocycles. The molecule has 0 bridgehead atoms. The molecule has 0 heterocycles. The molecule has 29 heavy (non-hydrogen) atoms. The third-order valence-electron chi connectivity index (χ3n) is 4.62. The summed E-state index contributed by atoms with van der Waals surface area (Å²) < 4.78 is 45.5. The van der Waals surface area contributed by atoms with Gasteiger partial charge in [0.25, 0.3) is 0 Å². The van der Waals surface area contributed by atoms with Gasteiger partial charge in [-0.3, -0.25) is 0 Å². The summed E-state index contributed by atoms with van der Waals surface area (Å²) in [7, 11) is 1.65. The van der Waals surface area contributed by atoms with Gasteiger partial charge in [0.05, 0.1) is 5.56 Å². The van der Waals surface area contributed by atoms with E-state index in [1.54, 1.807) is 41.7 Å². The predicted octanol–water partition coefficient (Wildman–Crippen LogP) is 5.64. The summed E-state index contributed by atoms with van der Waals surface area (Å²) in [5, 5.41) is 0. The average molecular weight is 416 g/mol. The zero-order valence-electron chi connectivity index (χ0n) is 18.8. The van der Waals surface area contributed by atoms with Crippen LogP contribution in [0.15, 0.2) is 12.1 Å². The number of amides is 1. The van der Waals surface area contributed by atoms with Crippen molar-refractivity contribution in [1.82, 2.24) is 4.90 Å². The first kappa shape index (κ1) is 25.3. The number of hydrogen-bond donors (Lipinski definition) is 0. The lowest BCUT2D eigenvalue weighted by atomic mass is 9.88. The van der Waals surface area contributed by atoms with Gasteiger partial charge in [-0.25, -0.2) is 13.6 Å². The van der Waals surface area contributed by atoms with Crippen molar-refractivity contribution in [2.24, 2.45) is 5.92 Å². The van der Waals surface area contributed by atoms with Gasteiger partial charge in [-0.15, -0.1) is 0 Å². The Hall–Kier alpha value is -1.73. The molecule has 1 rings (SSSR count). The van der Waals surface area contributed by atoms with Gasteiger partial charge < -0.3 is 19.1 Å². The molecule has 0 saturated carbocycles. The van der Waals surface area contributed by atoms with E-state index in [1.807, 2.05) is 13.8 Å². The minimum absolute atomic E-state index is 0.0493. The summed E-state index contributed by atoms with van der Waals surface area (Å²) in [6, 6.07) is 2.64. The lowest BCUT2D eigenvalue weighted by Gasteiger charge is -2.29. The Kier molecular flexibility index (Phi) is 9.49. The van der Waals surface area contributed by atoms with Crippen molar-refractivity contribution in [1.29, 1.82) is 0 Å². The lowest BCUT2D eigenvalue weighted by molar-refractivity contribution is -0.143. The van der Waals surface area contributed by atoms with Gasteiger partial charge in [-0.2, -0.15) is 0 Å². The van der Waals surface area contributed by atoms with E-state index >= 15 is 0 Å². The maximum absolute atomic E-state index is 14.7. The van der Waals surface area contributed by atoms with Gasteiger partial charge in [-0.1, -0.05) is 13.8 Å². The molecule has 0 aliphatic heterocycles. The molecule has 0 aliphatic rings. The van der Waals surface area contributed by atoms with Gasteiger partial charge in [0.15, 0.2) is 6.29 Å². The number of carbonyl (C=O) groups excluding carboxylic acids is 1.